The summed E-state index contributed by atoms with van der Waals surface area (Å²) in [6.45, 7) is 0.682. The van der Waals surface area contributed by atoms with Crippen molar-refractivity contribution in [2.24, 2.45) is 0 Å². The highest BCUT2D eigenvalue weighted by Crippen LogP contribution is 2.25. The minimum Gasteiger partial charge on any atom is -0.338 e. The molecule has 0 saturated heterocycles. The minimum atomic E-state index is -0.244. The first kappa shape index (κ1) is 22.8. The molecule has 34 heavy (non-hydrogen) atoms. The number of aromatic amines is 1. The van der Waals surface area contributed by atoms with Crippen LogP contribution in [0.1, 0.15) is 10.4 Å². The number of amides is 2. The quantitative estimate of drug-likeness (QED) is 0.291. The largest absolute Gasteiger partial charge is 0.338 e. The molecule has 0 aliphatic rings. The fourth-order valence-electron chi connectivity index (χ4n) is 3.33. The molecule has 4 N–H and O–H groups in total. The highest BCUT2D eigenvalue weighted by atomic mass is 16.2. The molecule has 0 aliphatic heterocycles. The number of hydrogen-bond acceptors (Lipinski definition) is 5. The normalized spacial score (nSPS) is 11.1. The number of anilines is 4. The lowest BCUT2D eigenvalue weighted by Crippen LogP contribution is -2.13. The molecule has 0 radical (unpaired) electrons. The molecule has 2 amide bonds. The Morgan fingerprint density at radius 3 is 2.47 bits per heavy atom. The lowest BCUT2D eigenvalue weighted by molar-refractivity contribution is -0.111. The van der Waals surface area contributed by atoms with E-state index in [-0.39, 0.29) is 11.8 Å². The average molecular weight is 455 g/mol. The van der Waals surface area contributed by atoms with Crippen molar-refractivity contribution >= 4 is 45.6 Å². The van der Waals surface area contributed by atoms with Gasteiger partial charge in [-0.25, -0.2) is 0 Å². The molecular weight excluding hydrogens is 428 g/mol. The molecule has 0 atom stereocenters. The van der Waals surface area contributed by atoms with Crippen molar-refractivity contribution in [1.29, 1.82) is 0 Å². The van der Waals surface area contributed by atoms with Crippen molar-refractivity contribution < 1.29 is 9.59 Å². The number of benzene rings is 3. The van der Waals surface area contributed by atoms with Gasteiger partial charge in [0.05, 0.1) is 5.52 Å². The highest BCUT2D eigenvalue weighted by Gasteiger charge is 2.09. The zero-order chi connectivity index (χ0) is 23.9. The fraction of sp³-hybridized carbons (Fsp3) is 0.115. The van der Waals surface area contributed by atoms with Crippen molar-refractivity contribution in [2.45, 2.75) is 0 Å². The Bertz CT molecular complexity index is 1320. The Kier molecular flexibility index (Phi) is 7.00. The average Bonchev–Trinajstić information content (AvgIpc) is 3.22. The summed E-state index contributed by atoms with van der Waals surface area (Å²) in [5, 5.41) is 17.3. The number of aromatic nitrogens is 2. The SMILES string of the molecule is CN(C)CC=CC(=O)Nc1ccc(C(=O)Nc2cccc(Nc3n[nH]c4ccccc34)c2)cc1. The lowest BCUT2D eigenvalue weighted by atomic mass is 10.2. The number of H-pyrrole nitrogens is 1. The van der Waals surface area contributed by atoms with Crippen molar-refractivity contribution in [3.63, 3.8) is 0 Å². The van der Waals surface area contributed by atoms with Crippen LogP contribution in [-0.2, 0) is 4.79 Å². The maximum Gasteiger partial charge on any atom is 0.255 e. The maximum absolute atomic E-state index is 12.7. The smallest absolute Gasteiger partial charge is 0.255 e. The summed E-state index contributed by atoms with van der Waals surface area (Å²) in [6, 6.07) is 22.0. The number of nitrogens with one attached hydrogen (secondary N) is 4. The molecule has 4 aromatic rings. The van der Waals surface area contributed by atoms with Crippen LogP contribution < -0.4 is 16.0 Å². The van der Waals surface area contributed by atoms with Gasteiger partial charge >= 0.3 is 0 Å². The van der Waals surface area contributed by atoms with Gasteiger partial charge in [-0.1, -0.05) is 24.3 Å². The fourth-order valence-corrected chi connectivity index (χ4v) is 3.33. The molecule has 0 saturated carbocycles. The minimum absolute atomic E-state index is 0.215. The highest BCUT2D eigenvalue weighted by molar-refractivity contribution is 6.05. The molecule has 8 nitrogen and oxygen atoms in total. The van der Waals surface area contributed by atoms with Gasteiger partial charge < -0.3 is 20.9 Å². The van der Waals surface area contributed by atoms with Crippen molar-refractivity contribution in [3.8, 4) is 0 Å². The predicted molar refractivity (Wildman–Crippen MR) is 137 cm³/mol. The number of fused-ring (bicyclic) bond motifs is 1. The molecule has 8 heteroatoms. The van der Waals surface area contributed by atoms with E-state index < -0.39 is 0 Å². The van der Waals surface area contributed by atoms with Crippen molar-refractivity contribution in [1.82, 2.24) is 15.1 Å². The van der Waals surface area contributed by atoms with E-state index in [1.165, 1.54) is 6.08 Å². The van der Waals surface area contributed by atoms with Crippen LogP contribution >= 0.6 is 0 Å². The van der Waals surface area contributed by atoms with E-state index in [9.17, 15) is 9.59 Å². The summed E-state index contributed by atoms with van der Waals surface area (Å²) in [5.41, 5.74) is 3.50. The van der Waals surface area contributed by atoms with Crippen LogP contribution in [0.4, 0.5) is 22.9 Å². The number of para-hydroxylation sites is 1. The Labute approximate surface area is 197 Å². The van der Waals surface area contributed by atoms with Crippen LogP contribution in [0.25, 0.3) is 10.9 Å². The molecule has 3 aromatic carbocycles. The number of likely N-dealkylation sites (N-methyl/N-ethyl adjacent to an activating group) is 1. The molecule has 0 bridgehead atoms. The first-order valence-electron chi connectivity index (χ1n) is 10.8. The number of nitrogens with zero attached hydrogens (tertiary/aromatic N) is 2. The van der Waals surface area contributed by atoms with E-state index >= 15 is 0 Å². The first-order chi connectivity index (χ1) is 16.5. The van der Waals surface area contributed by atoms with Gasteiger partial charge in [0.2, 0.25) is 5.91 Å². The molecule has 0 fully saturated rings. The van der Waals surface area contributed by atoms with Crippen LogP contribution in [0, 0.1) is 0 Å². The molecule has 0 aliphatic carbocycles. The summed E-state index contributed by atoms with van der Waals surface area (Å²) >= 11 is 0. The Morgan fingerprint density at radius 1 is 0.912 bits per heavy atom. The van der Waals surface area contributed by atoms with Gasteiger partial charge in [-0.15, -0.1) is 0 Å². The first-order valence-corrected chi connectivity index (χ1v) is 10.8. The van der Waals surface area contributed by atoms with Gasteiger partial charge in [0, 0.05) is 40.6 Å². The third kappa shape index (κ3) is 5.87. The number of hydrogen-bond donors (Lipinski definition) is 4. The number of carbonyl (C=O) groups excluding carboxylic acids is 2. The molecule has 4 rings (SSSR count). The summed E-state index contributed by atoms with van der Waals surface area (Å²) < 4.78 is 0. The Morgan fingerprint density at radius 2 is 1.68 bits per heavy atom. The van der Waals surface area contributed by atoms with Crippen molar-refractivity contribution in [3.05, 3.63) is 90.5 Å². The Balaban J connectivity index is 1.37. The van der Waals surface area contributed by atoms with Gasteiger partial charge in [-0.05, 0) is 68.7 Å². The van der Waals surface area contributed by atoms with E-state index in [0.29, 0.717) is 29.3 Å². The molecule has 1 aromatic heterocycles. The summed E-state index contributed by atoms with van der Waals surface area (Å²) in [5.74, 6) is 0.257. The standard InChI is InChI=1S/C26H26N6O2/c1-32(2)16-6-11-24(33)27-19-14-12-18(13-15-19)26(34)29-21-8-5-7-20(17-21)28-25-22-9-3-4-10-23(22)30-31-25/h3-15,17H,16H2,1-2H3,(H,27,33)(H,29,34)(H2,28,30,31). The molecule has 0 unspecified atom stereocenters. The number of rotatable bonds is 8. The van der Waals surface area contributed by atoms with Gasteiger partial charge in [0.1, 0.15) is 0 Å². The van der Waals surface area contributed by atoms with E-state index in [2.05, 4.69) is 26.1 Å². The van der Waals surface area contributed by atoms with Crippen LogP contribution in [0.2, 0.25) is 0 Å². The van der Waals surface area contributed by atoms with E-state index in [4.69, 9.17) is 0 Å². The maximum atomic E-state index is 12.7. The summed E-state index contributed by atoms with van der Waals surface area (Å²) in [4.78, 5) is 26.6. The van der Waals surface area contributed by atoms with Gasteiger partial charge in [-0.2, -0.15) is 5.10 Å². The second-order valence-corrected chi connectivity index (χ2v) is 8.01. The predicted octanol–water partition coefficient (Wildman–Crippen LogP) is 4.62. The van der Waals surface area contributed by atoms with E-state index in [1.54, 1.807) is 30.3 Å². The molecular formula is C26H26N6O2. The van der Waals surface area contributed by atoms with Crippen LogP contribution in [0.5, 0.6) is 0 Å². The third-order valence-electron chi connectivity index (χ3n) is 5.01. The molecule has 0 spiro atoms. The zero-order valence-electron chi connectivity index (χ0n) is 19.0. The number of carbonyl (C=O) groups is 2. The molecule has 172 valence electrons. The monoisotopic (exact) mass is 454 g/mol. The van der Waals surface area contributed by atoms with Crippen LogP contribution in [0.15, 0.2) is 84.9 Å². The van der Waals surface area contributed by atoms with Gasteiger partial charge in [0.15, 0.2) is 5.82 Å². The van der Waals surface area contributed by atoms with E-state index in [1.807, 2.05) is 67.5 Å². The summed E-state index contributed by atoms with van der Waals surface area (Å²) in [7, 11) is 3.86. The second-order valence-electron chi connectivity index (χ2n) is 8.01. The Hall–Kier alpha value is -4.43. The lowest BCUT2D eigenvalue weighted by Gasteiger charge is -2.09. The topological polar surface area (TPSA) is 102 Å². The zero-order valence-corrected chi connectivity index (χ0v) is 19.0. The second kappa shape index (κ2) is 10.5. The van der Waals surface area contributed by atoms with Gasteiger partial charge in [0.25, 0.3) is 5.91 Å². The summed E-state index contributed by atoms with van der Waals surface area (Å²) in [6.07, 6.45) is 3.28. The van der Waals surface area contributed by atoms with Crippen LogP contribution in [-0.4, -0.2) is 47.6 Å². The van der Waals surface area contributed by atoms with E-state index in [0.717, 1.165) is 16.6 Å². The van der Waals surface area contributed by atoms with Crippen molar-refractivity contribution in [2.75, 3.05) is 36.6 Å². The molecule has 1 heterocycles. The van der Waals surface area contributed by atoms with Gasteiger partial charge in [-0.3, -0.25) is 14.7 Å². The third-order valence-corrected chi connectivity index (χ3v) is 5.01. The van der Waals surface area contributed by atoms with Crippen LogP contribution in [0.3, 0.4) is 0 Å².